The number of carbonyl (C=O) groups excluding carboxylic acids is 4. The Hall–Kier alpha value is -4.20. The van der Waals surface area contributed by atoms with Crippen molar-refractivity contribution in [1.29, 1.82) is 0 Å². The number of aliphatic carboxylic acids is 1. The number of amides is 4. The first-order valence-corrected chi connectivity index (χ1v) is 9.67. The Morgan fingerprint density at radius 1 is 1.15 bits per heavy atom. The van der Waals surface area contributed by atoms with Crippen molar-refractivity contribution in [1.82, 2.24) is 10.6 Å². The van der Waals surface area contributed by atoms with E-state index in [0.29, 0.717) is 0 Å². The van der Waals surface area contributed by atoms with E-state index in [-0.39, 0.29) is 24.7 Å². The van der Waals surface area contributed by atoms with Crippen LogP contribution < -0.4 is 32.7 Å². The lowest BCUT2D eigenvalue weighted by molar-refractivity contribution is -0.141. The molecule has 14 heteroatoms. The van der Waals surface area contributed by atoms with Gasteiger partial charge in [-0.15, -0.1) is 0 Å². The van der Waals surface area contributed by atoms with Gasteiger partial charge in [-0.2, -0.15) is 0 Å². The molecule has 180 valence electrons. The number of anilines is 1. The predicted molar refractivity (Wildman–Crippen MR) is 116 cm³/mol. The van der Waals surface area contributed by atoms with Crippen LogP contribution in [0, 0.1) is 0 Å². The quantitative estimate of drug-likeness (QED) is 0.0826. The van der Waals surface area contributed by atoms with Crippen molar-refractivity contribution in [3.8, 4) is 0 Å². The highest BCUT2D eigenvalue weighted by atomic mass is 16.6. The molecule has 1 aromatic rings. The molecule has 0 saturated heterocycles. The van der Waals surface area contributed by atoms with Crippen LogP contribution in [0.1, 0.15) is 19.8 Å². The lowest BCUT2D eigenvalue weighted by Gasteiger charge is -2.25. The Balaban J connectivity index is 2.74. The average molecular weight is 465 g/mol. The van der Waals surface area contributed by atoms with Crippen molar-refractivity contribution < 1.29 is 33.9 Å². The van der Waals surface area contributed by atoms with Crippen molar-refractivity contribution in [2.45, 2.75) is 31.8 Å². The van der Waals surface area contributed by atoms with Crippen molar-refractivity contribution in [3.05, 3.63) is 30.3 Å². The zero-order valence-electron chi connectivity index (χ0n) is 17.9. The fourth-order valence-electron chi connectivity index (χ4n) is 2.55. The number of guanidine groups is 1. The van der Waals surface area contributed by atoms with Gasteiger partial charge in [0.2, 0.25) is 23.7 Å². The molecule has 0 saturated carbocycles. The predicted octanol–water partition coefficient (Wildman–Crippen LogP) is -2.44. The fraction of sp³-hybridized carbons (Fsp3) is 0.368. The molecule has 0 aromatic heterocycles. The first-order chi connectivity index (χ1) is 15.5. The molecule has 33 heavy (non-hydrogen) atoms. The number of para-hydroxylation sites is 1. The third-order valence-corrected chi connectivity index (χ3v) is 4.01. The summed E-state index contributed by atoms with van der Waals surface area (Å²) in [6.45, 7) is 0.480. The van der Waals surface area contributed by atoms with E-state index < -0.39 is 54.6 Å². The summed E-state index contributed by atoms with van der Waals surface area (Å²) in [5.41, 5.74) is 16.0. The molecule has 14 nitrogen and oxygen atoms in total. The number of rotatable bonds is 12. The Kier molecular flexibility index (Phi) is 10.8. The van der Waals surface area contributed by atoms with E-state index in [9.17, 15) is 24.0 Å². The number of hydrogen-bond acceptors (Lipinski definition) is 8. The first-order valence-electron chi connectivity index (χ1n) is 9.67. The molecule has 4 amide bonds. The smallest absolute Gasteiger partial charge is 0.305 e. The molecule has 0 unspecified atom stereocenters. The second-order valence-electron chi connectivity index (χ2n) is 6.71. The van der Waals surface area contributed by atoms with E-state index in [1.165, 1.54) is 12.1 Å². The fourth-order valence-corrected chi connectivity index (χ4v) is 2.55. The Morgan fingerprint density at radius 3 is 2.33 bits per heavy atom. The van der Waals surface area contributed by atoms with Gasteiger partial charge in [0.15, 0.2) is 0 Å². The minimum atomic E-state index is -1.56. The zero-order chi connectivity index (χ0) is 25.0. The monoisotopic (exact) mass is 465 g/mol. The number of carbonyl (C=O) groups is 5. The lowest BCUT2D eigenvalue weighted by Crippen LogP contribution is -2.53. The number of benzene rings is 1. The molecule has 0 aliphatic rings. The largest absolute Gasteiger partial charge is 0.481 e. The highest BCUT2D eigenvalue weighted by Gasteiger charge is 2.31. The molecule has 9 N–H and O–H groups in total. The number of oxime groups is 1. The number of imide groups is 1. The molecule has 0 fully saturated rings. The molecule has 0 bridgehead atoms. The summed E-state index contributed by atoms with van der Waals surface area (Å²) < 4.78 is 0. The Morgan fingerprint density at radius 2 is 1.79 bits per heavy atom. The highest BCUT2D eigenvalue weighted by Crippen LogP contribution is 2.16. The van der Waals surface area contributed by atoms with Crippen molar-refractivity contribution in [2.24, 2.45) is 22.4 Å². The molecule has 0 radical (unpaired) electrons. The molecular weight excluding hydrogens is 438 g/mol. The minimum Gasteiger partial charge on any atom is -0.481 e. The first kappa shape index (κ1) is 26.8. The van der Waals surface area contributed by atoms with E-state index in [2.05, 4.69) is 15.8 Å². The van der Waals surface area contributed by atoms with Crippen LogP contribution in [-0.4, -0.2) is 65.9 Å². The SMILES string of the molecule is CC(=O)N(C(=O)[C@H](CC(=O)O)NC(=O)CNC(=O)[C@@H](N)CCON=C(N)N)c1ccccc1. The van der Waals surface area contributed by atoms with E-state index in [1.807, 2.05) is 0 Å². The minimum absolute atomic E-state index is 0.0367. The second-order valence-corrected chi connectivity index (χ2v) is 6.71. The van der Waals surface area contributed by atoms with Gasteiger partial charge in [-0.1, -0.05) is 18.2 Å². The van der Waals surface area contributed by atoms with Gasteiger partial charge in [0, 0.05) is 13.3 Å². The van der Waals surface area contributed by atoms with Gasteiger partial charge in [0.25, 0.3) is 5.91 Å². The third kappa shape index (κ3) is 9.65. The van der Waals surface area contributed by atoms with Crippen LogP contribution in [0.3, 0.4) is 0 Å². The van der Waals surface area contributed by atoms with Crippen LogP contribution in [0.5, 0.6) is 0 Å². The van der Waals surface area contributed by atoms with E-state index in [0.717, 1.165) is 11.8 Å². The molecule has 0 aliphatic carbocycles. The number of carboxylic acids is 1. The highest BCUT2D eigenvalue weighted by molar-refractivity contribution is 6.16. The molecular formula is C19H27N7O7. The maximum Gasteiger partial charge on any atom is 0.305 e. The number of carboxylic acid groups (broad SMARTS) is 1. The third-order valence-electron chi connectivity index (χ3n) is 4.01. The summed E-state index contributed by atoms with van der Waals surface area (Å²) in [4.78, 5) is 65.8. The van der Waals surface area contributed by atoms with E-state index in [1.54, 1.807) is 18.2 Å². The topological polar surface area (TPSA) is 233 Å². The summed E-state index contributed by atoms with van der Waals surface area (Å²) in [6.07, 6.45) is -0.744. The van der Waals surface area contributed by atoms with Crippen molar-refractivity contribution in [3.63, 3.8) is 0 Å². The molecule has 1 rings (SSSR count). The maximum absolute atomic E-state index is 12.9. The summed E-state index contributed by atoms with van der Waals surface area (Å²) >= 11 is 0. The van der Waals surface area contributed by atoms with E-state index in [4.69, 9.17) is 27.1 Å². The number of hydrogen-bond donors (Lipinski definition) is 6. The number of nitrogens with two attached hydrogens (primary N) is 3. The molecule has 1 aromatic carbocycles. The van der Waals surface area contributed by atoms with Crippen molar-refractivity contribution in [2.75, 3.05) is 18.1 Å². The van der Waals surface area contributed by atoms with E-state index >= 15 is 0 Å². The van der Waals surface area contributed by atoms with Gasteiger partial charge < -0.3 is 37.8 Å². The van der Waals surface area contributed by atoms with Crippen LogP contribution in [0.15, 0.2) is 35.5 Å². The normalized spacial score (nSPS) is 11.9. The second kappa shape index (κ2) is 13.3. The average Bonchev–Trinajstić information content (AvgIpc) is 2.74. The lowest BCUT2D eigenvalue weighted by atomic mass is 10.1. The van der Waals surface area contributed by atoms with Crippen LogP contribution in [0.4, 0.5) is 5.69 Å². The number of nitrogens with zero attached hydrogens (tertiary/aromatic N) is 2. The number of nitrogens with one attached hydrogen (secondary N) is 2. The van der Waals surface area contributed by atoms with Gasteiger partial charge in [0.05, 0.1) is 24.7 Å². The van der Waals surface area contributed by atoms with Gasteiger partial charge >= 0.3 is 5.97 Å². The summed E-state index contributed by atoms with van der Waals surface area (Å²) in [6, 6.07) is 5.21. The van der Waals surface area contributed by atoms with Crippen LogP contribution >= 0.6 is 0 Å². The molecule has 0 spiro atoms. The summed E-state index contributed by atoms with van der Waals surface area (Å²) in [5, 5.41) is 16.9. The maximum atomic E-state index is 12.9. The van der Waals surface area contributed by atoms with Crippen LogP contribution in [0.2, 0.25) is 0 Å². The standard InChI is InChI=1S/C19H27N7O7/c1-11(27)26(12-5-3-2-4-6-12)18(32)14(9-16(29)30)24-15(28)10-23-17(31)13(20)7-8-33-25-19(21)22/h2-6,13-14H,7-10,20H2,1H3,(H,23,31)(H,24,28)(H,29,30)(H4,21,22,25)/t13-,14-/m0/s1. The molecule has 0 heterocycles. The summed E-state index contributed by atoms with van der Waals surface area (Å²) in [7, 11) is 0. The van der Waals surface area contributed by atoms with Gasteiger partial charge in [-0.05, 0) is 17.3 Å². The zero-order valence-corrected chi connectivity index (χ0v) is 17.9. The van der Waals surface area contributed by atoms with Crippen LogP contribution in [-0.2, 0) is 28.8 Å². The molecule has 2 atom stereocenters. The van der Waals surface area contributed by atoms with Gasteiger partial charge in [0.1, 0.15) is 12.6 Å². The van der Waals surface area contributed by atoms with Gasteiger partial charge in [-0.3, -0.25) is 24.0 Å². The Bertz CT molecular complexity index is 888. The van der Waals surface area contributed by atoms with Crippen molar-refractivity contribution >= 4 is 41.2 Å². The Labute approximate surface area is 189 Å². The summed E-state index contributed by atoms with van der Waals surface area (Å²) in [5.74, 6) is -4.84. The molecule has 0 aliphatic heterocycles. The van der Waals surface area contributed by atoms with Gasteiger partial charge in [-0.25, -0.2) is 4.90 Å². The van der Waals surface area contributed by atoms with Crippen LogP contribution in [0.25, 0.3) is 0 Å².